The molecule has 0 saturated carbocycles. The molecule has 0 amide bonds. The molecule has 6 heteroatoms. The molecular weight excluding hydrogens is 504 g/mol. The Morgan fingerprint density at radius 2 is 1.27 bits per heavy atom. The molecule has 6 nitrogen and oxygen atoms in total. The average Bonchev–Trinajstić information content (AvgIpc) is 3.01. The van der Waals surface area contributed by atoms with Crippen molar-refractivity contribution in [2.24, 2.45) is 0 Å². The predicted octanol–water partition coefficient (Wildman–Crippen LogP) is 6.33. The Balaban J connectivity index is 1.45. The summed E-state index contributed by atoms with van der Waals surface area (Å²) < 4.78 is 28.6. The van der Waals surface area contributed by atoms with E-state index in [-0.39, 0.29) is 13.2 Å². The van der Waals surface area contributed by atoms with E-state index in [1.54, 1.807) is 7.11 Å². The Bertz CT molecular complexity index is 1420. The number of ether oxygens (including phenoxy) is 5. The zero-order valence-electron chi connectivity index (χ0n) is 22.9. The Hall–Kier alpha value is -3.97. The minimum atomic E-state index is -0.853. The predicted molar refractivity (Wildman–Crippen MR) is 156 cm³/mol. The van der Waals surface area contributed by atoms with Crippen LogP contribution in [0.15, 0.2) is 91.0 Å². The summed E-state index contributed by atoms with van der Waals surface area (Å²) >= 11 is 0. The molecule has 1 heterocycles. The molecule has 0 N–H and O–H groups in total. The number of hydrogen-bond acceptors (Lipinski definition) is 6. The molecule has 5 rings (SSSR count). The van der Waals surface area contributed by atoms with Crippen LogP contribution in [0, 0.1) is 6.92 Å². The van der Waals surface area contributed by atoms with Gasteiger partial charge in [0, 0.05) is 29.2 Å². The number of fused-ring (bicyclic) bond motifs is 3. The van der Waals surface area contributed by atoms with Crippen molar-refractivity contribution in [3.05, 3.63) is 119 Å². The van der Waals surface area contributed by atoms with Crippen molar-refractivity contribution < 1.29 is 28.5 Å². The molecule has 0 spiro atoms. The monoisotopic (exact) mass is 538 g/mol. The first kappa shape index (κ1) is 27.6. The van der Waals surface area contributed by atoms with E-state index in [4.69, 9.17) is 23.7 Å². The Labute approximate surface area is 235 Å². The van der Waals surface area contributed by atoms with Crippen LogP contribution < -0.4 is 4.74 Å². The van der Waals surface area contributed by atoms with Crippen LogP contribution in [-0.4, -0.2) is 52.7 Å². The summed E-state index contributed by atoms with van der Waals surface area (Å²) in [6, 6.07) is 28.3. The number of carbonyl (C=O) groups excluding carboxylic acids is 1. The van der Waals surface area contributed by atoms with Crippen LogP contribution in [-0.2, 0) is 24.5 Å². The molecule has 206 valence electrons. The lowest BCUT2D eigenvalue weighted by molar-refractivity contribution is 0.00564. The molecule has 0 bridgehead atoms. The van der Waals surface area contributed by atoms with Gasteiger partial charge in [0.05, 0.1) is 38.6 Å². The van der Waals surface area contributed by atoms with Crippen LogP contribution >= 0.6 is 0 Å². The molecule has 1 aliphatic rings. The molecule has 0 saturated heterocycles. The highest BCUT2D eigenvalue weighted by Crippen LogP contribution is 2.47. The van der Waals surface area contributed by atoms with Crippen LogP contribution in [0.2, 0.25) is 0 Å². The fourth-order valence-electron chi connectivity index (χ4n) is 5.11. The number of methoxy groups -OCH3 is 1. The maximum Gasteiger partial charge on any atom is 0.339 e. The summed E-state index contributed by atoms with van der Waals surface area (Å²) in [5, 5.41) is 1.90. The summed E-state index contributed by atoms with van der Waals surface area (Å²) in [5.41, 5.74) is 3.22. The van der Waals surface area contributed by atoms with Gasteiger partial charge in [0.1, 0.15) is 12.4 Å². The molecule has 1 aliphatic heterocycles. The van der Waals surface area contributed by atoms with Crippen LogP contribution in [0.3, 0.4) is 0 Å². The van der Waals surface area contributed by atoms with Crippen molar-refractivity contribution >= 4 is 22.8 Å². The van der Waals surface area contributed by atoms with E-state index in [1.807, 2.05) is 79.7 Å². The molecule has 0 fully saturated rings. The summed E-state index contributed by atoms with van der Waals surface area (Å²) in [6.45, 7) is 4.32. The SMILES string of the molecule is COCCOCCOCCOC(=O)c1c2c(c3ccccc3c1C)OC(c1ccccc1)(c1ccccc1)C=C2. The van der Waals surface area contributed by atoms with E-state index in [2.05, 4.69) is 24.3 Å². The lowest BCUT2D eigenvalue weighted by Crippen LogP contribution is -2.34. The van der Waals surface area contributed by atoms with Gasteiger partial charge in [0.25, 0.3) is 0 Å². The molecule has 0 aromatic heterocycles. The maximum absolute atomic E-state index is 13.5. The van der Waals surface area contributed by atoms with Gasteiger partial charge < -0.3 is 23.7 Å². The second-order valence-electron chi connectivity index (χ2n) is 9.54. The largest absolute Gasteiger partial charge is 0.472 e. The second-order valence-corrected chi connectivity index (χ2v) is 9.54. The molecule has 0 atom stereocenters. The Morgan fingerprint density at radius 3 is 1.90 bits per heavy atom. The summed E-state index contributed by atoms with van der Waals surface area (Å²) in [6.07, 6.45) is 4.04. The Kier molecular flexibility index (Phi) is 8.91. The topological polar surface area (TPSA) is 63.2 Å². The third-order valence-corrected chi connectivity index (χ3v) is 7.09. The zero-order valence-corrected chi connectivity index (χ0v) is 22.9. The summed E-state index contributed by atoms with van der Waals surface area (Å²) in [4.78, 5) is 13.5. The van der Waals surface area contributed by atoms with Crippen molar-refractivity contribution in [3.8, 4) is 5.75 Å². The standard InChI is InChI=1S/C34H34O6/c1-25-28-15-9-10-16-29(28)32-30(31(25)33(35)39-24-23-38-22-21-37-20-19-36-2)17-18-34(40-32,26-11-5-3-6-12-26)27-13-7-4-8-14-27/h3-18H,19-24H2,1-2H3. The zero-order chi connectivity index (χ0) is 27.8. The molecule has 40 heavy (non-hydrogen) atoms. The van der Waals surface area contributed by atoms with E-state index in [0.29, 0.717) is 37.7 Å². The van der Waals surface area contributed by atoms with E-state index >= 15 is 0 Å². The van der Waals surface area contributed by atoms with Crippen molar-refractivity contribution in [2.75, 3.05) is 46.8 Å². The van der Waals surface area contributed by atoms with E-state index < -0.39 is 11.6 Å². The van der Waals surface area contributed by atoms with E-state index in [9.17, 15) is 4.79 Å². The fraction of sp³-hybridized carbons (Fsp3) is 0.265. The number of carbonyl (C=O) groups is 1. The van der Waals surface area contributed by atoms with Gasteiger partial charge in [-0.25, -0.2) is 4.79 Å². The van der Waals surface area contributed by atoms with Gasteiger partial charge in [-0.15, -0.1) is 0 Å². The van der Waals surface area contributed by atoms with Crippen molar-refractivity contribution in [3.63, 3.8) is 0 Å². The van der Waals surface area contributed by atoms with Crippen LogP contribution in [0.4, 0.5) is 0 Å². The van der Waals surface area contributed by atoms with Gasteiger partial charge in [0.2, 0.25) is 0 Å². The number of rotatable bonds is 12. The maximum atomic E-state index is 13.5. The summed E-state index contributed by atoms with van der Waals surface area (Å²) in [5.74, 6) is 0.257. The molecule has 4 aromatic rings. The number of hydrogen-bond donors (Lipinski definition) is 0. The van der Waals surface area contributed by atoms with Crippen LogP contribution in [0.1, 0.15) is 32.6 Å². The number of benzene rings is 4. The van der Waals surface area contributed by atoms with Crippen molar-refractivity contribution in [2.45, 2.75) is 12.5 Å². The normalized spacial score (nSPS) is 13.6. The minimum absolute atomic E-state index is 0.139. The molecule has 0 aliphatic carbocycles. The average molecular weight is 539 g/mol. The minimum Gasteiger partial charge on any atom is -0.472 e. The van der Waals surface area contributed by atoms with Gasteiger partial charge in [-0.05, 0) is 30.0 Å². The number of aryl methyl sites for hydroxylation is 1. The molecule has 0 unspecified atom stereocenters. The quantitative estimate of drug-likeness (QED) is 0.155. The third-order valence-electron chi connectivity index (χ3n) is 7.09. The smallest absolute Gasteiger partial charge is 0.339 e. The van der Waals surface area contributed by atoms with Gasteiger partial charge in [-0.3, -0.25) is 0 Å². The Morgan fingerprint density at radius 1 is 0.725 bits per heavy atom. The highest BCUT2D eigenvalue weighted by molar-refractivity contribution is 6.06. The third kappa shape index (κ3) is 5.65. The molecule has 0 radical (unpaired) electrons. The molecule has 4 aromatic carbocycles. The fourth-order valence-corrected chi connectivity index (χ4v) is 5.11. The van der Waals surface area contributed by atoms with Crippen LogP contribution in [0.25, 0.3) is 16.8 Å². The van der Waals surface area contributed by atoms with Crippen molar-refractivity contribution in [1.29, 1.82) is 0 Å². The molecular formula is C34H34O6. The first-order chi connectivity index (χ1) is 19.7. The van der Waals surface area contributed by atoms with Gasteiger partial charge >= 0.3 is 5.97 Å². The first-order valence-electron chi connectivity index (χ1n) is 13.5. The van der Waals surface area contributed by atoms with E-state index in [0.717, 1.165) is 33.0 Å². The van der Waals surface area contributed by atoms with Crippen molar-refractivity contribution in [1.82, 2.24) is 0 Å². The van der Waals surface area contributed by atoms with E-state index in [1.165, 1.54) is 0 Å². The summed E-state index contributed by atoms with van der Waals surface area (Å²) in [7, 11) is 1.63. The van der Waals surface area contributed by atoms with Gasteiger partial charge in [-0.2, -0.15) is 0 Å². The van der Waals surface area contributed by atoms with Gasteiger partial charge in [-0.1, -0.05) is 84.9 Å². The first-order valence-corrected chi connectivity index (χ1v) is 13.5. The number of esters is 1. The second kappa shape index (κ2) is 12.9. The van der Waals surface area contributed by atoms with Crippen LogP contribution in [0.5, 0.6) is 5.75 Å². The lowest BCUT2D eigenvalue weighted by Gasteiger charge is -2.37. The lowest BCUT2D eigenvalue weighted by atomic mass is 9.82. The van der Waals surface area contributed by atoms with Gasteiger partial charge in [0.15, 0.2) is 5.60 Å². The highest BCUT2D eigenvalue weighted by Gasteiger charge is 2.39. The highest BCUT2D eigenvalue weighted by atomic mass is 16.6.